The van der Waals surface area contributed by atoms with Crippen LogP contribution in [-0.2, 0) is 22.4 Å². The van der Waals surface area contributed by atoms with Gasteiger partial charge in [0.05, 0.1) is 5.92 Å². The zero-order valence-corrected chi connectivity index (χ0v) is 15.3. The van der Waals surface area contributed by atoms with Gasteiger partial charge in [0.1, 0.15) is 0 Å². The molecule has 0 fully saturated rings. The molecule has 0 aromatic heterocycles. The van der Waals surface area contributed by atoms with Crippen molar-refractivity contribution in [3.05, 3.63) is 46.5 Å². The topological polar surface area (TPSA) is 26.3 Å². The minimum atomic E-state index is -0.670. The summed E-state index contributed by atoms with van der Waals surface area (Å²) in [5.41, 5.74) is 4.57. The molecule has 1 aromatic carbocycles. The standard InChI is InChI=1S/C23H26O2/c1-6-8-10-17(5)21(7-2)25-23(24)22(16(3)4)20-14-13-18-11-9-12-19(18)15-20/h1-2,10,13-16,21-22H,8-9,11-12H2,3-5H3. The predicted octanol–water partition coefficient (Wildman–Crippen LogP) is 4.43. The number of hydrogen-bond donors (Lipinski definition) is 0. The summed E-state index contributed by atoms with van der Waals surface area (Å²) >= 11 is 0. The van der Waals surface area contributed by atoms with Gasteiger partial charge in [0.25, 0.3) is 0 Å². The Balaban J connectivity index is 2.21. The van der Waals surface area contributed by atoms with E-state index in [0.717, 1.165) is 24.0 Å². The van der Waals surface area contributed by atoms with Crippen molar-refractivity contribution in [2.75, 3.05) is 0 Å². The van der Waals surface area contributed by atoms with Crippen LogP contribution in [0.15, 0.2) is 29.8 Å². The molecule has 1 aromatic rings. The number of carbonyl (C=O) groups excluding carboxylic acids is 1. The van der Waals surface area contributed by atoms with E-state index in [1.807, 2.05) is 26.8 Å². The summed E-state index contributed by atoms with van der Waals surface area (Å²) in [7, 11) is 0. The molecule has 1 aliphatic carbocycles. The second-order valence-corrected chi connectivity index (χ2v) is 6.94. The van der Waals surface area contributed by atoms with Crippen LogP contribution in [0.5, 0.6) is 0 Å². The molecule has 130 valence electrons. The highest BCUT2D eigenvalue weighted by Gasteiger charge is 2.29. The summed E-state index contributed by atoms with van der Waals surface area (Å²) in [5.74, 6) is 4.62. The van der Waals surface area contributed by atoms with Gasteiger partial charge >= 0.3 is 5.97 Å². The number of allylic oxidation sites excluding steroid dienone is 1. The molecule has 2 atom stereocenters. The lowest BCUT2D eigenvalue weighted by atomic mass is 9.87. The maximum atomic E-state index is 12.8. The van der Waals surface area contributed by atoms with Gasteiger partial charge in [-0.05, 0) is 54.4 Å². The van der Waals surface area contributed by atoms with Crippen LogP contribution in [0.3, 0.4) is 0 Å². The second-order valence-electron chi connectivity index (χ2n) is 6.94. The summed E-state index contributed by atoms with van der Waals surface area (Å²) in [4.78, 5) is 12.8. The lowest BCUT2D eigenvalue weighted by Crippen LogP contribution is -2.26. The fourth-order valence-corrected chi connectivity index (χ4v) is 3.35. The van der Waals surface area contributed by atoms with Gasteiger partial charge in [0.2, 0.25) is 0 Å². The maximum Gasteiger partial charge on any atom is 0.315 e. The Bertz CT molecular complexity index is 740. The summed E-state index contributed by atoms with van der Waals surface area (Å²) in [5, 5.41) is 0. The van der Waals surface area contributed by atoms with E-state index in [4.69, 9.17) is 17.6 Å². The highest BCUT2D eigenvalue weighted by molar-refractivity contribution is 5.79. The van der Waals surface area contributed by atoms with Crippen LogP contribution in [-0.4, -0.2) is 12.1 Å². The molecule has 0 aliphatic heterocycles. The third-order valence-electron chi connectivity index (χ3n) is 4.74. The van der Waals surface area contributed by atoms with Gasteiger partial charge in [0, 0.05) is 6.42 Å². The zero-order valence-electron chi connectivity index (χ0n) is 15.3. The van der Waals surface area contributed by atoms with E-state index in [-0.39, 0.29) is 17.8 Å². The first-order chi connectivity index (χ1) is 12.0. The van der Waals surface area contributed by atoms with Gasteiger partial charge < -0.3 is 4.74 Å². The summed E-state index contributed by atoms with van der Waals surface area (Å²) < 4.78 is 5.64. The molecule has 0 radical (unpaired) electrons. The van der Waals surface area contributed by atoms with E-state index < -0.39 is 6.10 Å². The lowest BCUT2D eigenvalue weighted by molar-refractivity contribution is -0.148. The van der Waals surface area contributed by atoms with Crippen molar-refractivity contribution in [2.24, 2.45) is 5.92 Å². The number of benzene rings is 1. The number of hydrogen-bond acceptors (Lipinski definition) is 2. The van der Waals surface area contributed by atoms with E-state index in [1.165, 1.54) is 17.5 Å². The molecule has 0 amide bonds. The second kappa shape index (κ2) is 8.59. The average molecular weight is 334 g/mol. The SMILES string of the molecule is C#CCC=C(C)C(C#C)OC(=O)C(c1ccc2c(c1)CCC2)C(C)C. The molecule has 2 unspecified atom stereocenters. The van der Waals surface area contributed by atoms with E-state index in [0.29, 0.717) is 6.42 Å². The van der Waals surface area contributed by atoms with Crippen molar-refractivity contribution in [1.29, 1.82) is 0 Å². The quantitative estimate of drug-likeness (QED) is 0.437. The molecule has 1 aliphatic rings. The van der Waals surface area contributed by atoms with Crippen LogP contribution in [0.25, 0.3) is 0 Å². The molecule has 0 saturated carbocycles. The molecule has 25 heavy (non-hydrogen) atoms. The molecule has 0 spiro atoms. The minimum absolute atomic E-state index is 0.125. The first kappa shape index (κ1) is 18.9. The molecule has 0 saturated heterocycles. The van der Waals surface area contributed by atoms with Crippen molar-refractivity contribution in [3.63, 3.8) is 0 Å². The molecule has 2 rings (SSSR count). The van der Waals surface area contributed by atoms with Crippen molar-refractivity contribution in [1.82, 2.24) is 0 Å². The fraction of sp³-hybridized carbons (Fsp3) is 0.435. The van der Waals surface area contributed by atoms with Gasteiger partial charge in [-0.2, -0.15) is 0 Å². The number of rotatable bonds is 6. The van der Waals surface area contributed by atoms with Crippen LogP contribution >= 0.6 is 0 Å². The normalized spacial score (nSPS) is 15.8. The summed E-state index contributed by atoms with van der Waals surface area (Å²) in [6, 6.07) is 6.37. The Kier molecular flexibility index (Phi) is 6.49. The molecular formula is C23H26O2. The Morgan fingerprint density at radius 3 is 2.64 bits per heavy atom. The Morgan fingerprint density at radius 1 is 1.28 bits per heavy atom. The Morgan fingerprint density at radius 2 is 2.00 bits per heavy atom. The predicted molar refractivity (Wildman–Crippen MR) is 102 cm³/mol. The minimum Gasteiger partial charge on any atom is -0.444 e. The van der Waals surface area contributed by atoms with Crippen LogP contribution < -0.4 is 0 Å². The monoisotopic (exact) mass is 334 g/mol. The van der Waals surface area contributed by atoms with Gasteiger partial charge in [-0.3, -0.25) is 4.79 Å². The summed E-state index contributed by atoms with van der Waals surface area (Å²) in [6.45, 7) is 5.91. The number of terminal acetylenes is 2. The van der Waals surface area contributed by atoms with Crippen LogP contribution in [0.1, 0.15) is 56.2 Å². The highest BCUT2D eigenvalue weighted by Crippen LogP contribution is 2.31. The van der Waals surface area contributed by atoms with Gasteiger partial charge in [-0.25, -0.2) is 0 Å². The number of aryl methyl sites for hydroxylation is 2. The Labute approximate surface area is 151 Å². The number of esters is 1. The highest BCUT2D eigenvalue weighted by atomic mass is 16.5. The molecule has 0 heterocycles. The largest absolute Gasteiger partial charge is 0.444 e. The van der Waals surface area contributed by atoms with Crippen molar-refractivity contribution < 1.29 is 9.53 Å². The van der Waals surface area contributed by atoms with E-state index in [1.54, 1.807) is 0 Å². The number of ether oxygens (including phenoxy) is 1. The molecule has 0 bridgehead atoms. The zero-order chi connectivity index (χ0) is 18.4. The first-order valence-corrected chi connectivity index (χ1v) is 8.86. The lowest BCUT2D eigenvalue weighted by Gasteiger charge is -2.23. The smallest absolute Gasteiger partial charge is 0.315 e. The summed E-state index contributed by atoms with van der Waals surface area (Å²) in [6.07, 6.45) is 15.9. The third kappa shape index (κ3) is 4.55. The molecule has 2 heteroatoms. The van der Waals surface area contributed by atoms with Crippen molar-refractivity contribution in [3.8, 4) is 24.7 Å². The number of fused-ring (bicyclic) bond motifs is 1. The third-order valence-corrected chi connectivity index (χ3v) is 4.74. The van der Waals surface area contributed by atoms with Crippen molar-refractivity contribution in [2.45, 2.75) is 58.5 Å². The van der Waals surface area contributed by atoms with Crippen molar-refractivity contribution >= 4 is 5.97 Å². The van der Waals surface area contributed by atoms with Crippen LogP contribution in [0.2, 0.25) is 0 Å². The average Bonchev–Trinajstić information content (AvgIpc) is 3.05. The molecular weight excluding hydrogens is 308 g/mol. The maximum absolute atomic E-state index is 12.8. The van der Waals surface area contributed by atoms with Gasteiger partial charge in [-0.15, -0.1) is 18.8 Å². The van der Waals surface area contributed by atoms with Gasteiger partial charge in [0.15, 0.2) is 6.10 Å². The van der Waals surface area contributed by atoms with E-state index in [9.17, 15) is 4.79 Å². The van der Waals surface area contributed by atoms with Gasteiger partial charge in [-0.1, -0.05) is 44.0 Å². The van der Waals surface area contributed by atoms with E-state index in [2.05, 4.69) is 30.0 Å². The molecule has 2 nitrogen and oxygen atoms in total. The van der Waals surface area contributed by atoms with Crippen LogP contribution in [0, 0.1) is 30.6 Å². The fourth-order valence-electron chi connectivity index (χ4n) is 3.35. The van der Waals surface area contributed by atoms with E-state index >= 15 is 0 Å². The number of carbonyl (C=O) groups is 1. The van der Waals surface area contributed by atoms with Crippen LogP contribution in [0.4, 0.5) is 0 Å². The first-order valence-electron chi connectivity index (χ1n) is 8.86. The molecule has 0 N–H and O–H groups in total. The Hall–Kier alpha value is -2.45.